The summed E-state index contributed by atoms with van der Waals surface area (Å²) in [5.41, 5.74) is 2.78. The van der Waals surface area contributed by atoms with E-state index in [1.807, 2.05) is 26.8 Å². The molecule has 0 aliphatic heterocycles. The van der Waals surface area contributed by atoms with Crippen molar-refractivity contribution in [2.75, 3.05) is 11.9 Å². The summed E-state index contributed by atoms with van der Waals surface area (Å²) in [6.07, 6.45) is 2.13. The molecule has 1 saturated carbocycles. The Balaban J connectivity index is 2.08. The van der Waals surface area contributed by atoms with Crippen LogP contribution in [0, 0.1) is 24.0 Å². The topological polar surface area (TPSA) is 64.4 Å². The van der Waals surface area contributed by atoms with Crippen molar-refractivity contribution in [2.45, 2.75) is 45.8 Å². The van der Waals surface area contributed by atoms with Crippen LogP contribution in [-0.2, 0) is 4.74 Å². The maximum atomic E-state index is 11.1. The highest BCUT2D eigenvalue weighted by atomic mass is 16.6. The van der Waals surface area contributed by atoms with Gasteiger partial charge in [0.25, 0.3) is 5.69 Å². The van der Waals surface area contributed by atoms with Gasteiger partial charge >= 0.3 is 0 Å². The number of benzene rings is 1. The molecule has 0 saturated heterocycles. The molecule has 1 fully saturated rings. The zero-order chi connectivity index (χ0) is 14.0. The molecule has 5 nitrogen and oxygen atoms in total. The summed E-state index contributed by atoms with van der Waals surface area (Å²) in [4.78, 5) is 10.8. The van der Waals surface area contributed by atoms with Crippen LogP contribution in [0.2, 0.25) is 0 Å². The fraction of sp³-hybridized carbons (Fsp3) is 0.571. The Morgan fingerprint density at radius 3 is 2.58 bits per heavy atom. The van der Waals surface area contributed by atoms with E-state index in [0.29, 0.717) is 11.8 Å². The average Bonchev–Trinajstić information content (AvgIpc) is 2.30. The van der Waals surface area contributed by atoms with Gasteiger partial charge in [0.1, 0.15) is 5.69 Å². The molecule has 0 heterocycles. The lowest BCUT2D eigenvalue weighted by Gasteiger charge is -2.36. The van der Waals surface area contributed by atoms with Crippen molar-refractivity contribution in [2.24, 2.45) is 0 Å². The van der Waals surface area contributed by atoms with Crippen LogP contribution in [-0.4, -0.2) is 23.7 Å². The minimum Gasteiger partial charge on any atom is -0.378 e. The van der Waals surface area contributed by atoms with Gasteiger partial charge in [-0.3, -0.25) is 10.1 Å². The van der Waals surface area contributed by atoms with Gasteiger partial charge in [0.2, 0.25) is 0 Å². The molecule has 0 bridgehead atoms. The summed E-state index contributed by atoms with van der Waals surface area (Å²) in [6, 6.07) is 3.77. The van der Waals surface area contributed by atoms with Gasteiger partial charge in [-0.1, -0.05) is 0 Å². The number of nitro groups is 1. The van der Waals surface area contributed by atoms with Crippen molar-refractivity contribution in [1.82, 2.24) is 0 Å². The maximum Gasteiger partial charge on any atom is 0.292 e. The second-order valence-corrected chi connectivity index (χ2v) is 5.10. The predicted octanol–water partition coefficient (Wildman–Crippen LogP) is 3.19. The van der Waals surface area contributed by atoms with Crippen LogP contribution in [0.1, 0.15) is 30.9 Å². The summed E-state index contributed by atoms with van der Waals surface area (Å²) in [5.74, 6) is 0. The standard InChI is InChI=1S/C14H20N2O3/c1-4-19-12-7-11(8-12)15-13-5-9(2)10(3)6-14(13)16(17)18/h5-6,11-12,15H,4,7-8H2,1-3H3. The Labute approximate surface area is 113 Å². The fourth-order valence-corrected chi connectivity index (χ4v) is 2.34. The second-order valence-electron chi connectivity index (χ2n) is 5.10. The number of nitro benzene ring substituents is 1. The number of hydrogen-bond donors (Lipinski definition) is 1. The van der Waals surface area contributed by atoms with Gasteiger partial charge in [-0.15, -0.1) is 0 Å². The summed E-state index contributed by atoms with van der Waals surface area (Å²) < 4.78 is 5.49. The molecule has 1 aromatic rings. The molecule has 2 rings (SSSR count). The molecule has 0 amide bonds. The molecule has 1 N–H and O–H groups in total. The monoisotopic (exact) mass is 264 g/mol. The molecular weight excluding hydrogens is 244 g/mol. The van der Waals surface area contributed by atoms with Crippen molar-refractivity contribution >= 4 is 11.4 Å². The van der Waals surface area contributed by atoms with Crippen LogP contribution >= 0.6 is 0 Å². The SMILES string of the molecule is CCOC1CC(Nc2cc(C)c(C)cc2[N+](=O)[O-])C1. The Hall–Kier alpha value is -1.62. The van der Waals surface area contributed by atoms with E-state index in [0.717, 1.165) is 30.6 Å². The quantitative estimate of drug-likeness (QED) is 0.655. The molecule has 0 spiro atoms. The minimum atomic E-state index is -0.326. The zero-order valence-corrected chi connectivity index (χ0v) is 11.6. The highest BCUT2D eigenvalue weighted by Crippen LogP contribution is 2.33. The number of anilines is 1. The van der Waals surface area contributed by atoms with Crippen molar-refractivity contribution in [3.05, 3.63) is 33.4 Å². The lowest BCUT2D eigenvalue weighted by Crippen LogP contribution is -2.40. The first kappa shape index (κ1) is 13.8. The van der Waals surface area contributed by atoms with E-state index in [1.165, 1.54) is 0 Å². The highest BCUT2D eigenvalue weighted by Gasteiger charge is 2.31. The van der Waals surface area contributed by atoms with Gasteiger partial charge in [-0.2, -0.15) is 0 Å². The number of hydrogen-bond acceptors (Lipinski definition) is 4. The number of nitrogens with zero attached hydrogens (tertiary/aromatic N) is 1. The van der Waals surface area contributed by atoms with E-state index in [4.69, 9.17) is 4.74 Å². The lowest BCUT2D eigenvalue weighted by atomic mass is 9.89. The van der Waals surface area contributed by atoms with Crippen LogP contribution < -0.4 is 5.32 Å². The van der Waals surface area contributed by atoms with Gasteiger partial charge in [0.05, 0.1) is 11.0 Å². The third-order valence-corrected chi connectivity index (χ3v) is 3.67. The van der Waals surface area contributed by atoms with E-state index in [9.17, 15) is 10.1 Å². The number of ether oxygens (including phenoxy) is 1. The van der Waals surface area contributed by atoms with E-state index < -0.39 is 0 Å². The highest BCUT2D eigenvalue weighted by molar-refractivity contribution is 5.65. The molecule has 104 valence electrons. The lowest BCUT2D eigenvalue weighted by molar-refractivity contribution is -0.384. The van der Waals surface area contributed by atoms with Gasteiger partial charge < -0.3 is 10.1 Å². The minimum absolute atomic E-state index is 0.156. The first-order valence-electron chi connectivity index (χ1n) is 6.65. The van der Waals surface area contributed by atoms with Gasteiger partial charge in [0, 0.05) is 18.7 Å². The third kappa shape index (κ3) is 3.04. The zero-order valence-electron chi connectivity index (χ0n) is 11.6. The van der Waals surface area contributed by atoms with Crippen LogP contribution in [0.25, 0.3) is 0 Å². The van der Waals surface area contributed by atoms with E-state index in [-0.39, 0.29) is 16.7 Å². The first-order chi connectivity index (χ1) is 9.01. The van der Waals surface area contributed by atoms with E-state index in [2.05, 4.69) is 5.32 Å². The molecule has 0 atom stereocenters. The van der Waals surface area contributed by atoms with E-state index >= 15 is 0 Å². The molecule has 0 unspecified atom stereocenters. The summed E-state index contributed by atoms with van der Waals surface area (Å²) in [6.45, 7) is 6.56. The third-order valence-electron chi connectivity index (χ3n) is 3.67. The van der Waals surface area contributed by atoms with Gasteiger partial charge in [0.15, 0.2) is 0 Å². The molecule has 1 aliphatic rings. The Bertz CT molecular complexity index is 482. The molecular formula is C14H20N2O3. The second kappa shape index (κ2) is 5.57. The Morgan fingerprint density at radius 2 is 2.00 bits per heavy atom. The summed E-state index contributed by atoms with van der Waals surface area (Å²) in [5, 5.41) is 14.3. The summed E-state index contributed by atoms with van der Waals surface area (Å²) in [7, 11) is 0. The fourth-order valence-electron chi connectivity index (χ4n) is 2.34. The first-order valence-corrected chi connectivity index (χ1v) is 6.65. The molecule has 0 radical (unpaired) electrons. The summed E-state index contributed by atoms with van der Waals surface area (Å²) >= 11 is 0. The van der Waals surface area contributed by atoms with Gasteiger partial charge in [-0.05, 0) is 50.8 Å². The number of aryl methyl sites for hydroxylation is 2. The molecule has 5 heteroatoms. The van der Waals surface area contributed by atoms with Crippen LogP contribution in [0.15, 0.2) is 12.1 Å². The predicted molar refractivity (Wildman–Crippen MR) is 74.6 cm³/mol. The van der Waals surface area contributed by atoms with Crippen molar-refractivity contribution in [3.63, 3.8) is 0 Å². The Morgan fingerprint density at radius 1 is 1.37 bits per heavy atom. The van der Waals surface area contributed by atoms with Crippen LogP contribution in [0.3, 0.4) is 0 Å². The number of nitrogens with one attached hydrogen (secondary N) is 1. The van der Waals surface area contributed by atoms with Crippen LogP contribution in [0.4, 0.5) is 11.4 Å². The largest absolute Gasteiger partial charge is 0.378 e. The molecule has 19 heavy (non-hydrogen) atoms. The van der Waals surface area contributed by atoms with Crippen molar-refractivity contribution < 1.29 is 9.66 Å². The maximum absolute atomic E-state index is 11.1. The smallest absolute Gasteiger partial charge is 0.292 e. The Kier molecular flexibility index (Phi) is 4.04. The van der Waals surface area contributed by atoms with Crippen molar-refractivity contribution in [3.8, 4) is 0 Å². The average molecular weight is 264 g/mol. The molecule has 1 aliphatic carbocycles. The molecule has 1 aromatic carbocycles. The molecule has 0 aromatic heterocycles. The number of rotatable bonds is 5. The normalized spacial score (nSPS) is 21.8. The van der Waals surface area contributed by atoms with Gasteiger partial charge in [-0.25, -0.2) is 0 Å². The van der Waals surface area contributed by atoms with Crippen molar-refractivity contribution in [1.29, 1.82) is 0 Å². The van der Waals surface area contributed by atoms with Crippen LogP contribution in [0.5, 0.6) is 0 Å². The van der Waals surface area contributed by atoms with E-state index in [1.54, 1.807) is 6.07 Å².